The van der Waals surface area contributed by atoms with Crippen molar-refractivity contribution in [3.05, 3.63) is 42.5 Å². The predicted molar refractivity (Wildman–Crippen MR) is 109 cm³/mol. The van der Waals surface area contributed by atoms with Crippen LogP contribution >= 0.6 is 0 Å². The van der Waals surface area contributed by atoms with Gasteiger partial charge in [-0.25, -0.2) is 0 Å². The molecule has 0 radical (unpaired) electrons. The Balaban J connectivity index is 1.66. The van der Waals surface area contributed by atoms with Gasteiger partial charge in [-0.3, -0.25) is 14.4 Å². The fraction of sp³-hybridized carbons (Fsp3) is 0.542. The molecule has 0 aliphatic heterocycles. The third-order valence-electron chi connectivity index (χ3n) is 6.54. The highest BCUT2D eigenvalue weighted by atomic mass is 16.5. The molecule has 29 heavy (non-hydrogen) atoms. The molecule has 2 fully saturated rings. The topological polar surface area (TPSA) is 69.7 Å². The summed E-state index contributed by atoms with van der Waals surface area (Å²) < 4.78 is 11.0. The second-order valence-corrected chi connectivity index (χ2v) is 8.16. The van der Waals surface area contributed by atoms with Crippen LogP contribution in [0.15, 0.2) is 36.9 Å². The molecule has 0 spiro atoms. The minimum atomic E-state index is -0.482. The van der Waals surface area contributed by atoms with Crippen molar-refractivity contribution in [2.45, 2.75) is 39.2 Å². The van der Waals surface area contributed by atoms with Crippen molar-refractivity contribution in [3.63, 3.8) is 0 Å². The number of ketones is 3. The fourth-order valence-corrected chi connectivity index (χ4v) is 5.00. The first-order valence-corrected chi connectivity index (χ1v) is 10.4. The first-order valence-electron chi connectivity index (χ1n) is 10.4. The molecule has 0 saturated heterocycles. The first-order chi connectivity index (χ1) is 14.0. The number of methoxy groups -OCH3 is 1. The zero-order valence-corrected chi connectivity index (χ0v) is 17.3. The highest BCUT2D eigenvalue weighted by Crippen LogP contribution is 2.47. The Kier molecular flexibility index (Phi) is 7.01. The molecule has 3 rings (SSSR count). The van der Waals surface area contributed by atoms with Crippen molar-refractivity contribution < 1.29 is 23.9 Å². The summed E-state index contributed by atoms with van der Waals surface area (Å²) in [5.41, 5.74) is 1.03. The van der Waals surface area contributed by atoms with E-state index in [1.54, 1.807) is 13.2 Å². The van der Waals surface area contributed by atoms with Gasteiger partial charge in [0.05, 0.1) is 13.7 Å². The number of hydrogen-bond acceptors (Lipinski definition) is 5. The van der Waals surface area contributed by atoms with E-state index in [1.165, 1.54) is 0 Å². The van der Waals surface area contributed by atoms with Crippen LogP contribution in [-0.4, -0.2) is 31.1 Å². The third-order valence-corrected chi connectivity index (χ3v) is 6.54. The molecule has 5 atom stereocenters. The van der Waals surface area contributed by atoms with Gasteiger partial charge >= 0.3 is 0 Å². The lowest BCUT2D eigenvalue weighted by Crippen LogP contribution is -2.54. The van der Waals surface area contributed by atoms with Gasteiger partial charge in [-0.05, 0) is 36.5 Å². The fourth-order valence-electron chi connectivity index (χ4n) is 5.00. The SMILES string of the molecule is C=CC[C@@H]1C(=O)[C@H](C)[C@H](CCOCc2ccc(OC)cc2)[C@H]2C(=O)CCC(=O)[C@H]21. The zero-order valence-electron chi connectivity index (χ0n) is 17.3. The molecular weight excluding hydrogens is 368 g/mol. The molecule has 0 aromatic heterocycles. The average Bonchev–Trinajstić information content (AvgIpc) is 2.73. The molecule has 2 aliphatic rings. The van der Waals surface area contributed by atoms with Crippen LogP contribution < -0.4 is 4.74 Å². The summed E-state index contributed by atoms with van der Waals surface area (Å²) in [6.45, 7) is 6.54. The van der Waals surface area contributed by atoms with Crippen molar-refractivity contribution >= 4 is 17.3 Å². The smallest absolute Gasteiger partial charge is 0.140 e. The number of ether oxygens (including phenoxy) is 2. The van der Waals surface area contributed by atoms with Crippen LogP contribution in [0.25, 0.3) is 0 Å². The van der Waals surface area contributed by atoms with Gasteiger partial charge in [-0.1, -0.05) is 25.1 Å². The van der Waals surface area contributed by atoms with Crippen LogP contribution in [0.4, 0.5) is 0 Å². The summed E-state index contributed by atoms with van der Waals surface area (Å²) in [5, 5.41) is 0. The quantitative estimate of drug-likeness (QED) is 0.492. The maximum Gasteiger partial charge on any atom is 0.140 e. The van der Waals surface area contributed by atoms with Gasteiger partial charge in [-0.15, -0.1) is 6.58 Å². The van der Waals surface area contributed by atoms with Gasteiger partial charge in [0.15, 0.2) is 0 Å². The summed E-state index contributed by atoms with van der Waals surface area (Å²) in [4.78, 5) is 38.4. The van der Waals surface area contributed by atoms with Gasteiger partial charge in [0, 0.05) is 43.1 Å². The molecule has 0 unspecified atom stereocenters. The van der Waals surface area contributed by atoms with Gasteiger partial charge in [0.2, 0.25) is 0 Å². The van der Waals surface area contributed by atoms with Gasteiger partial charge < -0.3 is 9.47 Å². The second kappa shape index (κ2) is 9.49. The highest BCUT2D eigenvalue weighted by molar-refractivity contribution is 6.01. The molecule has 5 nitrogen and oxygen atoms in total. The number of rotatable bonds is 8. The molecule has 1 aromatic rings. The number of benzene rings is 1. The van der Waals surface area contributed by atoms with Crippen LogP contribution in [0.3, 0.4) is 0 Å². The summed E-state index contributed by atoms with van der Waals surface area (Å²) in [5.74, 6) is -0.558. The van der Waals surface area contributed by atoms with E-state index in [-0.39, 0.29) is 41.5 Å². The van der Waals surface area contributed by atoms with E-state index < -0.39 is 11.8 Å². The Hall–Kier alpha value is -2.27. The van der Waals surface area contributed by atoms with Crippen molar-refractivity contribution in [1.29, 1.82) is 0 Å². The van der Waals surface area contributed by atoms with Crippen LogP contribution in [0, 0.1) is 29.6 Å². The molecule has 1 aromatic carbocycles. The molecule has 2 aliphatic carbocycles. The van der Waals surface area contributed by atoms with Crippen LogP contribution in [0.2, 0.25) is 0 Å². The van der Waals surface area contributed by atoms with E-state index >= 15 is 0 Å². The Morgan fingerprint density at radius 2 is 1.72 bits per heavy atom. The van der Waals surface area contributed by atoms with Gasteiger partial charge in [0.1, 0.15) is 23.1 Å². The number of carbonyl (C=O) groups excluding carboxylic acids is 3. The van der Waals surface area contributed by atoms with Crippen molar-refractivity contribution in [2.75, 3.05) is 13.7 Å². The number of fused-ring (bicyclic) bond motifs is 1. The lowest BCUT2D eigenvalue weighted by Gasteiger charge is -2.46. The molecule has 0 bridgehead atoms. The molecule has 0 amide bonds. The van der Waals surface area contributed by atoms with Crippen LogP contribution in [-0.2, 0) is 25.7 Å². The Morgan fingerprint density at radius 1 is 1.07 bits per heavy atom. The molecule has 0 heterocycles. The Bertz CT molecular complexity index is 766. The third kappa shape index (κ3) is 4.50. The number of Topliss-reactive ketones (excluding diaryl/α,β-unsaturated/α-hetero) is 3. The molecular formula is C24H30O5. The number of hydrogen-bond donors (Lipinski definition) is 0. The van der Waals surface area contributed by atoms with Gasteiger partial charge in [0.25, 0.3) is 0 Å². The van der Waals surface area contributed by atoms with E-state index in [4.69, 9.17) is 9.47 Å². The molecule has 5 heteroatoms. The Labute approximate surface area is 172 Å². The molecule has 2 saturated carbocycles. The van der Waals surface area contributed by atoms with Crippen molar-refractivity contribution in [1.82, 2.24) is 0 Å². The summed E-state index contributed by atoms with van der Waals surface area (Å²) in [6.07, 6.45) is 3.31. The Morgan fingerprint density at radius 3 is 2.34 bits per heavy atom. The van der Waals surface area contributed by atoms with E-state index in [1.807, 2.05) is 31.2 Å². The highest BCUT2D eigenvalue weighted by Gasteiger charge is 2.54. The van der Waals surface area contributed by atoms with Crippen molar-refractivity contribution in [3.8, 4) is 5.75 Å². The summed E-state index contributed by atoms with van der Waals surface area (Å²) in [7, 11) is 1.63. The minimum absolute atomic E-state index is 0.0610. The molecule has 0 N–H and O–H groups in total. The van der Waals surface area contributed by atoms with E-state index in [2.05, 4.69) is 6.58 Å². The normalized spacial score (nSPS) is 29.4. The monoisotopic (exact) mass is 398 g/mol. The molecule has 156 valence electrons. The number of carbonyl (C=O) groups is 3. The number of allylic oxidation sites excluding steroid dienone is 1. The van der Waals surface area contributed by atoms with Gasteiger partial charge in [-0.2, -0.15) is 0 Å². The second-order valence-electron chi connectivity index (χ2n) is 8.16. The summed E-state index contributed by atoms with van der Waals surface area (Å²) in [6, 6.07) is 7.67. The first kappa shape index (κ1) is 21.4. The van der Waals surface area contributed by atoms with E-state index in [0.717, 1.165) is 11.3 Å². The largest absolute Gasteiger partial charge is 0.497 e. The van der Waals surface area contributed by atoms with Crippen LogP contribution in [0.1, 0.15) is 38.2 Å². The standard InChI is InChI=1S/C24H30O5/c1-4-5-19-23-21(26)11-10-20(25)22(23)18(15(2)24(19)27)12-13-29-14-16-6-8-17(28-3)9-7-16/h4,6-9,15,18-19,22-23H,1,5,10-14H2,2-3H3/t15-,18+,19+,22+,23-/m1/s1. The van der Waals surface area contributed by atoms with E-state index in [0.29, 0.717) is 32.5 Å². The predicted octanol–water partition coefficient (Wildman–Crippen LogP) is 3.79. The average molecular weight is 398 g/mol. The summed E-state index contributed by atoms with van der Waals surface area (Å²) >= 11 is 0. The maximum atomic E-state index is 13.0. The van der Waals surface area contributed by atoms with Crippen molar-refractivity contribution in [2.24, 2.45) is 29.6 Å². The lowest BCUT2D eigenvalue weighted by atomic mass is 9.55. The van der Waals surface area contributed by atoms with E-state index in [9.17, 15) is 14.4 Å². The zero-order chi connectivity index (χ0) is 21.0. The lowest BCUT2D eigenvalue weighted by molar-refractivity contribution is -0.155. The minimum Gasteiger partial charge on any atom is -0.497 e. The maximum absolute atomic E-state index is 13.0. The van der Waals surface area contributed by atoms with Crippen LogP contribution in [0.5, 0.6) is 5.75 Å².